The zero-order valence-corrected chi connectivity index (χ0v) is 10.5. The number of unbranched alkanes of at least 4 members (excludes halogenated alkanes) is 1. The Labute approximate surface area is 100 Å². The Morgan fingerprint density at radius 1 is 1.50 bits per heavy atom. The van der Waals surface area contributed by atoms with Crippen molar-refractivity contribution in [3.8, 4) is 0 Å². The van der Waals surface area contributed by atoms with Gasteiger partial charge in [0.15, 0.2) is 0 Å². The minimum absolute atomic E-state index is 0.304. The lowest BCUT2D eigenvalue weighted by Gasteiger charge is -2.06. The van der Waals surface area contributed by atoms with E-state index in [2.05, 4.69) is 6.92 Å². The third-order valence-corrected chi connectivity index (χ3v) is 3.43. The Morgan fingerprint density at radius 3 is 2.88 bits per heavy atom. The highest BCUT2D eigenvalue weighted by molar-refractivity contribution is 7.14. The molecule has 0 aliphatic carbocycles. The molecule has 0 unspecified atom stereocenters. The summed E-state index contributed by atoms with van der Waals surface area (Å²) in [4.78, 5) is 12.8. The van der Waals surface area contributed by atoms with Gasteiger partial charge in [-0.05, 0) is 25.5 Å². The van der Waals surface area contributed by atoms with Gasteiger partial charge in [0.05, 0.1) is 12.7 Å². The number of hydrogen-bond acceptors (Lipinski definition) is 4. The highest BCUT2D eigenvalue weighted by Crippen LogP contribution is 2.27. The van der Waals surface area contributed by atoms with Gasteiger partial charge in [0.2, 0.25) is 0 Å². The molecule has 1 aromatic rings. The quantitative estimate of drug-likeness (QED) is 0.779. The Balaban J connectivity index is 2.59. The van der Waals surface area contributed by atoms with E-state index in [0.717, 1.165) is 24.1 Å². The third-order valence-electron chi connectivity index (χ3n) is 2.26. The fourth-order valence-electron chi connectivity index (χ4n) is 1.38. The van der Waals surface area contributed by atoms with Crippen LogP contribution in [0.15, 0.2) is 12.1 Å². The molecule has 1 N–H and O–H groups in total. The van der Waals surface area contributed by atoms with Crippen molar-refractivity contribution in [3.05, 3.63) is 21.9 Å². The molecule has 90 valence electrons. The van der Waals surface area contributed by atoms with Crippen LogP contribution in [-0.4, -0.2) is 17.7 Å². The van der Waals surface area contributed by atoms with E-state index in [-0.39, 0.29) is 5.97 Å². The van der Waals surface area contributed by atoms with Crippen LogP contribution in [0, 0.1) is 0 Å². The Hall–Kier alpha value is -0.870. The molecule has 1 rings (SSSR count). The molecule has 0 radical (unpaired) electrons. The fourth-order valence-corrected chi connectivity index (χ4v) is 2.31. The summed E-state index contributed by atoms with van der Waals surface area (Å²) in [5, 5.41) is 9.83. The second-order valence-corrected chi connectivity index (χ2v) is 4.70. The van der Waals surface area contributed by atoms with Crippen LogP contribution in [-0.2, 0) is 4.74 Å². The van der Waals surface area contributed by atoms with Crippen molar-refractivity contribution in [1.29, 1.82) is 0 Å². The van der Waals surface area contributed by atoms with E-state index in [4.69, 9.17) is 4.74 Å². The van der Waals surface area contributed by atoms with E-state index in [9.17, 15) is 9.90 Å². The van der Waals surface area contributed by atoms with Gasteiger partial charge in [-0.15, -0.1) is 11.3 Å². The van der Waals surface area contributed by atoms with Gasteiger partial charge in [0.25, 0.3) is 0 Å². The van der Waals surface area contributed by atoms with Gasteiger partial charge in [-0.25, -0.2) is 4.79 Å². The largest absolute Gasteiger partial charge is 0.462 e. The first-order valence-corrected chi connectivity index (χ1v) is 6.45. The van der Waals surface area contributed by atoms with Crippen LogP contribution in [0.2, 0.25) is 0 Å². The van der Waals surface area contributed by atoms with Crippen molar-refractivity contribution < 1.29 is 14.6 Å². The van der Waals surface area contributed by atoms with Gasteiger partial charge in [0.1, 0.15) is 4.88 Å². The summed E-state index contributed by atoms with van der Waals surface area (Å²) in [7, 11) is 0. The lowest BCUT2D eigenvalue weighted by Crippen LogP contribution is -2.01. The fraction of sp³-hybridized carbons (Fsp3) is 0.583. The topological polar surface area (TPSA) is 46.5 Å². The monoisotopic (exact) mass is 242 g/mol. The summed E-state index contributed by atoms with van der Waals surface area (Å²) in [5.74, 6) is -0.304. The molecule has 0 saturated heterocycles. The molecule has 0 amide bonds. The molecule has 0 aliphatic rings. The molecule has 0 aromatic carbocycles. The number of carbonyl (C=O) groups is 1. The van der Waals surface area contributed by atoms with Crippen molar-refractivity contribution in [2.45, 2.75) is 39.2 Å². The summed E-state index contributed by atoms with van der Waals surface area (Å²) in [5.41, 5.74) is 0. The minimum Gasteiger partial charge on any atom is -0.462 e. The first kappa shape index (κ1) is 13.2. The number of esters is 1. The zero-order chi connectivity index (χ0) is 12.0. The number of rotatable bonds is 6. The van der Waals surface area contributed by atoms with Crippen LogP contribution in [0.5, 0.6) is 0 Å². The van der Waals surface area contributed by atoms with E-state index in [1.165, 1.54) is 11.3 Å². The van der Waals surface area contributed by atoms with E-state index in [0.29, 0.717) is 11.5 Å². The van der Waals surface area contributed by atoms with Crippen molar-refractivity contribution in [2.24, 2.45) is 0 Å². The molecule has 0 fully saturated rings. The van der Waals surface area contributed by atoms with Crippen LogP contribution >= 0.6 is 11.3 Å². The van der Waals surface area contributed by atoms with Crippen LogP contribution in [0.1, 0.15) is 53.8 Å². The maximum Gasteiger partial charge on any atom is 0.348 e. The maximum atomic E-state index is 11.4. The van der Waals surface area contributed by atoms with Crippen molar-refractivity contribution in [2.75, 3.05) is 6.61 Å². The molecular weight excluding hydrogens is 224 g/mol. The molecular formula is C12H18O3S. The predicted octanol–water partition coefficient (Wildman–Crippen LogP) is 3.15. The molecule has 0 bridgehead atoms. The lowest BCUT2D eigenvalue weighted by molar-refractivity contribution is 0.0532. The SMILES string of the molecule is CCCC[C@@H](O)c1ccc(C(=O)OCC)s1. The molecule has 1 aromatic heterocycles. The summed E-state index contributed by atoms with van der Waals surface area (Å²) >= 11 is 1.31. The standard InChI is InChI=1S/C12H18O3S/c1-3-5-6-9(13)10-7-8-11(16-10)12(14)15-4-2/h7-9,13H,3-6H2,1-2H3/t9-/m1/s1. The van der Waals surface area contributed by atoms with Gasteiger partial charge in [0, 0.05) is 4.88 Å². The Kier molecular flexibility index (Phi) is 5.49. The van der Waals surface area contributed by atoms with Crippen LogP contribution in [0.4, 0.5) is 0 Å². The average molecular weight is 242 g/mol. The predicted molar refractivity (Wildman–Crippen MR) is 64.8 cm³/mol. The number of thiophene rings is 1. The number of aliphatic hydroxyl groups excluding tert-OH is 1. The van der Waals surface area contributed by atoms with E-state index < -0.39 is 6.10 Å². The number of carbonyl (C=O) groups excluding carboxylic acids is 1. The normalized spacial score (nSPS) is 12.4. The summed E-state index contributed by atoms with van der Waals surface area (Å²) in [6, 6.07) is 3.52. The van der Waals surface area contributed by atoms with E-state index in [1.807, 2.05) is 0 Å². The molecule has 1 atom stereocenters. The van der Waals surface area contributed by atoms with Crippen molar-refractivity contribution in [3.63, 3.8) is 0 Å². The Morgan fingerprint density at radius 2 is 2.25 bits per heavy atom. The maximum absolute atomic E-state index is 11.4. The second-order valence-electron chi connectivity index (χ2n) is 3.58. The average Bonchev–Trinajstić information content (AvgIpc) is 2.75. The van der Waals surface area contributed by atoms with Crippen molar-refractivity contribution >= 4 is 17.3 Å². The van der Waals surface area contributed by atoms with Gasteiger partial charge >= 0.3 is 5.97 Å². The summed E-state index contributed by atoms with van der Waals surface area (Å²) in [6.45, 7) is 4.25. The highest BCUT2D eigenvalue weighted by Gasteiger charge is 2.14. The van der Waals surface area contributed by atoms with E-state index >= 15 is 0 Å². The highest BCUT2D eigenvalue weighted by atomic mass is 32.1. The third kappa shape index (κ3) is 3.61. The zero-order valence-electron chi connectivity index (χ0n) is 9.73. The van der Waals surface area contributed by atoms with E-state index in [1.54, 1.807) is 19.1 Å². The first-order chi connectivity index (χ1) is 7.69. The Bertz CT molecular complexity index is 333. The minimum atomic E-state index is -0.451. The number of hydrogen-bond donors (Lipinski definition) is 1. The van der Waals surface area contributed by atoms with Crippen LogP contribution in [0.25, 0.3) is 0 Å². The molecule has 4 heteroatoms. The van der Waals surface area contributed by atoms with Gasteiger partial charge in [-0.3, -0.25) is 0 Å². The first-order valence-electron chi connectivity index (χ1n) is 5.64. The second kappa shape index (κ2) is 6.66. The molecule has 0 saturated carbocycles. The van der Waals surface area contributed by atoms with Gasteiger partial charge in [-0.2, -0.15) is 0 Å². The van der Waals surface area contributed by atoms with Crippen LogP contribution < -0.4 is 0 Å². The lowest BCUT2D eigenvalue weighted by atomic mass is 10.1. The summed E-state index contributed by atoms with van der Waals surface area (Å²) in [6.07, 6.45) is 2.35. The molecule has 0 spiro atoms. The van der Waals surface area contributed by atoms with Crippen molar-refractivity contribution in [1.82, 2.24) is 0 Å². The smallest absolute Gasteiger partial charge is 0.348 e. The molecule has 0 aliphatic heterocycles. The molecule has 3 nitrogen and oxygen atoms in total. The number of aliphatic hydroxyl groups is 1. The molecule has 16 heavy (non-hydrogen) atoms. The van der Waals surface area contributed by atoms with Gasteiger partial charge in [-0.1, -0.05) is 19.8 Å². The summed E-state index contributed by atoms with van der Waals surface area (Å²) < 4.78 is 4.89. The molecule has 1 heterocycles. The van der Waals surface area contributed by atoms with Crippen LogP contribution in [0.3, 0.4) is 0 Å². The number of ether oxygens (including phenoxy) is 1. The van der Waals surface area contributed by atoms with Gasteiger partial charge < -0.3 is 9.84 Å².